The van der Waals surface area contributed by atoms with Crippen LogP contribution in [0, 0.1) is 0 Å². The van der Waals surface area contributed by atoms with Gasteiger partial charge in [0.25, 0.3) is 5.91 Å². The molecule has 0 aliphatic rings. The molecule has 0 saturated heterocycles. The van der Waals surface area contributed by atoms with Gasteiger partial charge in [0.15, 0.2) is 0 Å². The SMILES string of the molecule is COCCn1nnn(-c2ccc(NC(=O)c3ccccc3Br)cc2)c1=O. The summed E-state index contributed by atoms with van der Waals surface area (Å²) in [7, 11) is 1.55. The summed E-state index contributed by atoms with van der Waals surface area (Å²) in [5.41, 5.74) is 1.34. The van der Waals surface area contributed by atoms with Crippen molar-refractivity contribution in [2.24, 2.45) is 0 Å². The normalized spacial score (nSPS) is 10.7. The number of nitrogens with one attached hydrogen (secondary N) is 1. The lowest BCUT2D eigenvalue weighted by Gasteiger charge is -2.07. The smallest absolute Gasteiger partial charge is 0.368 e. The zero-order valence-electron chi connectivity index (χ0n) is 13.9. The molecule has 0 unspecified atom stereocenters. The molecule has 0 fully saturated rings. The van der Waals surface area contributed by atoms with Crippen LogP contribution in [0.5, 0.6) is 0 Å². The van der Waals surface area contributed by atoms with Crippen LogP contribution in [0.4, 0.5) is 5.69 Å². The summed E-state index contributed by atoms with van der Waals surface area (Å²) in [4.78, 5) is 24.5. The number of benzene rings is 2. The van der Waals surface area contributed by atoms with Crippen molar-refractivity contribution in [1.29, 1.82) is 0 Å². The molecule has 9 heteroatoms. The number of nitrogens with zero attached hydrogens (tertiary/aromatic N) is 4. The molecule has 1 N–H and O–H groups in total. The van der Waals surface area contributed by atoms with Crippen LogP contribution in [0.1, 0.15) is 10.4 Å². The minimum absolute atomic E-state index is 0.229. The number of hydrogen-bond donors (Lipinski definition) is 1. The van der Waals surface area contributed by atoms with E-state index in [0.717, 1.165) is 0 Å². The monoisotopic (exact) mass is 417 g/mol. The van der Waals surface area contributed by atoms with E-state index in [1.54, 1.807) is 49.6 Å². The van der Waals surface area contributed by atoms with Gasteiger partial charge in [0.05, 0.1) is 24.4 Å². The molecule has 0 bridgehead atoms. The number of carbonyl (C=O) groups excluding carboxylic acids is 1. The van der Waals surface area contributed by atoms with Crippen LogP contribution in [0.2, 0.25) is 0 Å². The summed E-state index contributed by atoms with van der Waals surface area (Å²) in [6, 6.07) is 13.9. The topological polar surface area (TPSA) is 91.0 Å². The standard InChI is InChI=1S/C17H16BrN5O3/c1-26-11-10-22-17(25)23(21-20-22)13-8-6-12(7-9-13)19-16(24)14-4-2-3-5-15(14)18/h2-9H,10-11H2,1H3,(H,19,24). The number of rotatable bonds is 6. The van der Waals surface area contributed by atoms with E-state index in [1.807, 2.05) is 6.07 Å². The number of tetrazole rings is 1. The molecule has 0 aliphatic carbocycles. The predicted molar refractivity (Wildman–Crippen MR) is 99.6 cm³/mol. The van der Waals surface area contributed by atoms with E-state index in [9.17, 15) is 9.59 Å². The third kappa shape index (κ3) is 3.89. The van der Waals surface area contributed by atoms with Gasteiger partial charge in [0, 0.05) is 17.3 Å². The minimum atomic E-state index is -0.355. The first-order valence-electron chi connectivity index (χ1n) is 7.78. The van der Waals surface area contributed by atoms with Crippen molar-refractivity contribution in [2.45, 2.75) is 6.54 Å². The number of carbonyl (C=O) groups is 1. The Morgan fingerprint density at radius 1 is 1.15 bits per heavy atom. The van der Waals surface area contributed by atoms with E-state index in [2.05, 4.69) is 31.7 Å². The van der Waals surface area contributed by atoms with Crippen molar-refractivity contribution in [2.75, 3.05) is 19.0 Å². The number of halogens is 1. The molecule has 8 nitrogen and oxygen atoms in total. The highest BCUT2D eigenvalue weighted by atomic mass is 79.9. The van der Waals surface area contributed by atoms with Gasteiger partial charge >= 0.3 is 5.69 Å². The van der Waals surface area contributed by atoms with Crippen molar-refractivity contribution >= 4 is 27.5 Å². The molecular formula is C17H16BrN5O3. The Bertz CT molecular complexity index is 965. The first-order valence-corrected chi connectivity index (χ1v) is 8.57. The average Bonchev–Trinajstić information content (AvgIpc) is 3.01. The Balaban J connectivity index is 1.75. The minimum Gasteiger partial charge on any atom is -0.383 e. The fraction of sp³-hybridized carbons (Fsp3) is 0.176. The second kappa shape index (κ2) is 8.07. The zero-order valence-corrected chi connectivity index (χ0v) is 15.5. The Kier molecular flexibility index (Phi) is 5.59. The molecule has 3 aromatic rings. The van der Waals surface area contributed by atoms with E-state index in [1.165, 1.54) is 9.36 Å². The Morgan fingerprint density at radius 2 is 1.88 bits per heavy atom. The second-order valence-electron chi connectivity index (χ2n) is 5.37. The molecule has 2 aromatic carbocycles. The van der Waals surface area contributed by atoms with Crippen molar-refractivity contribution in [1.82, 2.24) is 19.8 Å². The van der Waals surface area contributed by atoms with Gasteiger partial charge in [-0.3, -0.25) is 4.79 Å². The van der Waals surface area contributed by atoms with Crippen molar-refractivity contribution in [3.63, 3.8) is 0 Å². The van der Waals surface area contributed by atoms with E-state index in [4.69, 9.17) is 4.74 Å². The number of hydrogen-bond acceptors (Lipinski definition) is 5. The highest BCUT2D eigenvalue weighted by molar-refractivity contribution is 9.10. The lowest BCUT2D eigenvalue weighted by atomic mass is 10.2. The molecular weight excluding hydrogens is 402 g/mol. The molecule has 0 spiro atoms. The first-order chi connectivity index (χ1) is 12.6. The highest BCUT2D eigenvalue weighted by Gasteiger charge is 2.11. The summed E-state index contributed by atoms with van der Waals surface area (Å²) < 4.78 is 8.07. The Hall–Kier alpha value is -2.78. The molecule has 0 radical (unpaired) electrons. The number of aromatic nitrogens is 4. The second-order valence-corrected chi connectivity index (χ2v) is 6.22. The zero-order chi connectivity index (χ0) is 18.5. The molecule has 134 valence electrons. The highest BCUT2D eigenvalue weighted by Crippen LogP contribution is 2.18. The summed E-state index contributed by atoms with van der Waals surface area (Å²) in [6.07, 6.45) is 0. The van der Waals surface area contributed by atoms with Gasteiger partial charge in [-0.25, -0.2) is 4.79 Å². The van der Waals surface area contributed by atoms with Crippen LogP contribution in [0.15, 0.2) is 57.8 Å². The van der Waals surface area contributed by atoms with Crippen LogP contribution in [-0.2, 0) is 11.3 Å². The maximum absolute atomic E-state index is 12.3. The third-order valence-electron chi connectivity index (χ3n) is 3.63. The molecule has 26 heavy (non-hydrogen) atoms. The van der Waals surface area contributed by atoms with Gasteiger partial charge in [0.1, 0.15) is 0 Å². The predicted octanol–water partition coefficient (Wildman–Crippen LogP) is 2.09. The van der Waals surface area contributed by atoms with Gasteiger partial charge < -0.3 is 10.1 Å². The quantitative estimate of drug-likeness (QED) is 0.662. The molecule has 0 atom stereocenters. The summed E-state index contributed by atoms with van der Waals surface area (Å²) in [5.74, 6) is -0.229. The number of methoxy groups -OCH3 is 1. The molecule has 0 saturated carbocycles. The van der Waals surface area contributed by atoms with E-state index < -0.39 is 0 Å². The largest absolute Gasteiger partial charge is 0.383 e. The summed E-state index contributed by atoms with van der Waals surface area (Å²) >= 11 is 3.36. The lowest BCUT2D eigenvalue weighted by Crippen LogP contribution is -2.25. The molecule has 0 aliphatic heterocycles. The van der Waals surface area contributed by atoms with Crippen LogP contribution >= 0.6 is 15.9 Å². The summed E-state index contributed by atoms with van der Waals surface area (Å²) in [6.45, 7) is 0.702. The fourth-order valence-electron chi connectivity index (χ4n) is 2.28. The number of anilines is 1. The summed E-state index contributed by atoms with van der Waals surface area (Å²) in [5, 5.41) is 10.5. The maximum atomic E-state index is 12.3. The fourth-order valence-corrected chi connectivity index (χ4v) is 2.75. The number of amides is 1. The van der Waals surface area contributed by atoms with Gasteiger partial charge in [-0.05, 0) is 62.8 Å². The van der Waals surface area contributed by atoms with E-state index >= 15 is 0 Å². The first kappa shape index (κ1) is 18.0. The maximum Gasteiger partial charge on any atom is 0.368 e. The van der Waals surface area contributed by atoms with Gasteiger partial charge in [0.2, 0.25) is 0 Å². The van der Waals surface area contributed by atoms with Gasteiger partial charge in [-0.1, -0.05) is 12.1 Å². The van der Waals surface area contributed by atoms with Gasteiger partial charge in [-0.15, -0.1) is 0 Å². The van der Waals surface area contributed by atoms with E-state index in [0.29, 0.717) is 34.6 Å². The third-order valence-corrected chi connectivity index (χ3v) is 4.33. The van der Waals surface area contributed by atoms with Crippen molar-refractivity contribution < 1.29 is 9.53 Å². The van der Waals surface area contributed by atoms with Crippen molar-refractivity contribution in [3.05, 3.63) is 69.1 Å². The Labute approximate surface area is 157 Å². The van der Waals surface area contributed by atoms with Crippen LogP contribution in [0.25, 0.3) is 5.69 Å². The molecule has 1 aromatic heterocycles. The van der Waals surface area contributed by atoms with Crippen LogP contribution in [0.3, 0.4) is 0 Å². The lowest BCUT2D eigenvalue weighted by molar-refractivity contribution is 0.102. The van der Waals surface area contributed by atoms with Crippen molar-refractivity contribution in [3.8, 4) is 5.69 Å². The molecule has 1 heterocycles. The average molecular weight is 418 g/mol. The van der Waals surface area contributed by atoms with Crippen LogP contribution in [-0.4, -0.2) is 39.4 Å². The molecule has 1 amide bonds. The number of ether oxygens (including phenoxy) is 1. The van der Waals surface area contributed by atoms with Gasteiger partial charge in [-0.2, -0.15) is 9.36 Å². The van der Waals surface area contributed by atoms with Crippen LogP contribution < -0.4 is 11.0 Å². The molecule has 3 rings (SSSR count). The Morgan fingerprint density at radius 3 is 2.58 bits per heavy atom. The van der Waals surface area contributed by atoms with E-state index in [-0.39, 0.29) is 11.6 Å².